The minimum Gasteiger partial charge on any atom is -0.464 e. The van der Waals surface area contributed by atoms with E-state index >= 15 is 0 Å². The molecule has 0 amide bonds. The zero-order chi connectivity index (χ0) is 10.9. The van der Waals surface area contributed by atoms with Gasteiger partial charge in [-0.25, -0.2) is 18.4 Å². The number of methoxy groups -OCH3 is 1. The molecule has 1 heterocycles. The van der Waals surface area contributed by atoms with Crippen molar-refractivity contribution in [3.05, 3.63) is 18.0 Å². The van der Waals surface area contributed by atoms with E-state index in [-0.39, 0.29) is 10.6 Å². The van der Waals surface area contributed by atoms with Gasteiger partial charge in [0.05, 0.1) is 7.11 Å². The number of rotatable bonds is 2. The van der Waals surface area contributed by atoms with Gasteiger partial charge in [-0.3, -0.25) is 0 Å². The minimum absolute atomic E-state index is 0.0741. The van der Waals surface area contributed by atoms with Gasteiger partial charge in [-0.1, -0.05) is 0 Å². The second kappa shape index (κ2) is 3.43. The quantitative estimate of drug-likeness (QED) is 0.675. The van der Waals surface area contributed by atoms with Crippen molar-refractivity contribution in [1.29, 1.82) is 0 Å². The van der Waals surface area contributed by atoms with Gasteiger partial charge in [0, 0.05) is 13.2 Å². The third-order valence-corrected chi connectivity index (χ3v) is 2.66. The number of hydrogen-bond acceptors (Lipinski definition) is 4. The average molecular weight is 218 g/mol. The van der Waals surface area contributed by atoms with Gasteiger partial charge < -0.3 is 9.30 Å². The summed E-state index contributed by atoms with van der Waals surface area (Å²) in [5.41, 5.74) is -0.0741. The molecule has 2 N–H and O–H groups in total. The maximum Gasteiger partial charge on any atom is 0.356 e. The molecule has 0 aliphatic rings. The average Bonchev–Trinajstić information content (AvgIpc) is 2.45. The Morgan fingerprint density at radius 1 is 1.57 bits per heavy atom. The van der Waals surface area contributed by atoms with Crippen molar-refractivity contribution in [2.45, 2.75) is 4.90 Å². The van der Waals surface area contributed by atoms with Crippen LogP contribution in [0.15, 0.2) is 17.2 Å². The highest BCUT2D eigenvalue weighted by Crippen LogP contribution is 2.15. The van der Waals surface area contributed by atoms with E-state index < -0.39 is 16.0 Å². The summed E-state index contributed by atoms with van der Waals surface area (Å²) < 4.78 is 27.9. The molecule has 0 fully saturated rings. The summed E-state index contributed by atoms with van der Waals surface area (Å²) in [6, 6.07) is 1.25. The Hall–Kier alpha value is -1.34. The van der Waals surface area contributed by atoms with Crippen LogP contribution in [-0.2, 0) is 21.8 Å². The highest BCUT2D eigenvalue weighted by Gasteiger charge is 2.23. The van der Waals surface area contributed by atoms with E-state index in [2.05, 4.69) is 4.74 Å². The molecule has 7 heteroatoms. The Kier molecular flexibility index (Phi) is 2.63. The SMILES string of the molecule is COC(=O)c1c(S(N)(=O)=O)ccn1C. The Morgan fingerprint density at radius 3 is 2.57 bits per heavy atom. The summed E-state index contributed by atoms with van der Waals surface area (Å²) >= 11 is 0. The molecule has 0 bridgehead atoms. The number of esters is 1. The topological polar surface area (TPSA) is 91.4 Å². The van der Waals surface area contributed by atoms with Gasteiger partial charge >= 0.3 is 5.97 Å². The van der Waals surface area contributed by atoms with Crippen molar-refractivity contribution in [2.75, 3.05) is 7.11 Å². The third kappa shape index (κ3) is 1.78. The van der Waals surface area contributed by atoms with Crippen LogP contribution in [0.4, 0.5) is 0 Å². The van der Waals surface area contributed by atoms with Crippen LogP contribution >= 0.6 is 0 Å². The Bertz CT molecular complexity index is 460. The summed E-state index contributed by atoms with van der Waals surface area (Å²) in [5, 5.41) is 4.91. The Morgan fingerprint density at radius 2 is 2.14 bits per heavy atom. The van der Waals surface area contributed by atoms with Crippen LogP contribution in [0.1, 0.15) is 10.5 Å². The van der Waals surface area contributed by atoms with Crippen molar-refractivity contribution < 1.29 is 17.9 Å². The lowest BCUT2D eigenvalue weighted by Gasteiger charge is -2.03. The molecule has 1 aromatic heterocycles. The number of hydrogen-bond donors (Lipinski definition) is 1. The molecule has 0 atom stereocenters. The number of aromatic nitrogens is 1. The molecular weight excluding hydrogens is 208 g/mol. The zero-order valence-corrected chi connectivity index (χ0v) is 8.54. The number of carbonyl (C=O) groups is 1. The first kappa shape index (κ1) is 10.7. The molecule has 0 aliphatic heterocycles. The first-order chi connectivity index (χ1) is 6.38. The molecule has 0 aromatic carbocycles. The van der Waals surface area contributed by atoms with Crippen molar-refractivity contribution in [3.63, 3.8) is 0 Å². The number of carbonyl (C=O) groups excluding carboxylic acids is 1. The summed E-state index contributed by atoms with van der Waals surface area (Å²) in [6.45, 7) is 0. The molecule has 0 unspecified atom stereocenters. The van der Waals surface area contributed by atoms with Crippen molar-refractivity contribution in [2.24, 2.45) is 12.2 Å². The maximum atomic E-state index is 11.2. The lowest BCUT2D eigenvalue weighted by molar-refractivity contribution is 0.0585. The van der Waals surface area contributed by atoms with E-state index in [1.807, 2.05) is 0 Å². The maximum absolute atomic E-state index is 11.2. The number of primary sulfonamides is 1. The number of ether oxygens (including phenoxy) is 1. The second-order valence-corrected chi connectivity index (χ2v) is 4.21. The van der Waals surface area contributed by atoms with Crippen LogP contribution in [0.3, 0.4) is 0 Å². The molecule has 0 spiro atoms. The number of nitrogens with two attached hydrogens (primary N) is 1. The number of sulfonamides is 1. The van der Waals surface area contributed by atoms with Crippen LogP contribution in [0, 0.1) is 0 Å². The summed E-state index contributed by atoms with van der Waals surface area (Å²) in [4.78, 5) is 11.0. The predicted molar refractivity (Wildman–Crippen MR) is 48.1 cm³/mol. The standard InChI is InChI=1S/C7H10N2O4S/c1-9-4-3-5(14(8,11)12)6(9)7(10)13-2/h3-4H,1-2H3,(H2,8,11,12). The van der Waals surface area contributed by atoms with Crippen molar-refractivity contribution in [3.8, 4) is 0 Å². The van der Waals surface area contributed by atoms with E-state index in [0.29, 0.717) is 0 Å². The van der Waals surface area contributed by atoms with Gasteiger partial charge in [0.15, 0.2) is 0 Å². The van der Waals surface area contributed by atoms with Gasteiger partial charge in [-0.05, 0) is 6.07 Å². The van der Waals surface area contributed by atoms with Crippen LogP contribution in [0.5, 0.6) is 0 Å². The molecule has 0 saturated carbocycles. The van der Waals surface area contributed by atoms with Crippen LogP contribution in [0.25, 0.3) is 0 Å². The number of nitrogens with zero attached hydrogens (tertiary/aromatic N) is 1. The summed E-state index contributed by atoms with van der Waals surface area (Å²) in [6.07, 6.45) is 1.42. The molecule has 0 aliphatic carbocycles. The van der Waals surface area contributed by atoms with Gasteiger partial charge in [-0.2, -0.15) is 0 Å². The molecule has 6 nitrogen and oxygen atoms in total. The van der Waals surface area contributed by atoms with Gasteiger partial charge in [0.25, 0.3) is 0 Å². The Labute approximate surface area is 81.3 Å². The van der Waals surface area contributed by atoms with Crippen LogP contribution in [0.2, 0.25) is 0 Å². The molecule has 1 aromatic rings. The summed E-state index contributed by atoms with van der Waals surface area (Å²) in [5.74, 6) is -0.735. The molecule has 14 heavy (non-hydrogen) atoms. The van der Waals surface area contributed by atoms with Gasteiger partial charge in [0.1, 0.15) is 10.6 Å². The molecule has 0 saturated heterocycles. The third-order valence-electron chi connectivity index (χ3n) is 1.72. The van der Waals surface area contributed by atoms with Crippen molar-refractivity contribution in [1.82, 2.24) is 4.57 Å². The molecule has 0 radical (unpaired) electrons. The highest BCUT2D eigenvalue weighted by molar-refractivity contribution is 7.89. The first-order valence-electron chi connectivity index (χ1n) is 3.64. The van der Waals surface area contributed by atoms with E-state index in [9.17, 15) is 13.2 Å². The van der Waals surface area contributed by atoms with E-state index in [0.717, 1.165) is 0 Å². The fourth-order valence-corrected chi connectivity index (χ4v) is 1.82. The zero-order valence-electron chi connectivity index (χ0n) is 7.72. The van der Waals surface area contributed by atoms with E-state index in [1.54, 1.807) is 0 Å². The van der Waals surface area contributed by atoms with Gasteiger partial charge in [-0.15, -0.1) is 0 Å². The predicted octanol–water partition coefficient (Wildman–Crippen LogP) is -0.541. The van der Waals surface area contributed by atoms with Crippen LogP contribution in [-0.4, -0.2) is 26.1 Å². The molecule has 1 rings (SSSR count). The fourth-order valence-electron chi connectivity index (χ4n) is 1.08. The summed E-state index contributed by atoms with van der Waals surface area (Å²) in [7, 11) is -1.19. The molecule has 78 valence electrons. The first-order valence-corrected chi connectivity index (χ1v) is 5.19. The second-order valence-electron chi connectivity index (χ2n) is 2.68. The highest BCUT2D eigenvalue weighted by atomic mass is 32.2. The lowest BCUT2D eigenvalue weighted by atomic mass is 10.4. The number of aryl methyl sites for hydroxylation is 1. The normalized spacial score (nSPS) is 11.4. The lowest BCUT2D eigenvalue weighted by Crippen LogP contribution is -2.18. The molecular formula is C7H10N2O4S. The minimum atomic E-state index is -3.89. The van der Waals surface area contributed by atoms with Crippen LogP contribution < -0.4 is 5.14 Å². The fraction of sp³-hybridized carbons (Fsp3) is 0.286. The van der Waals surface area contributed by atoms with E-state index in [1.165, 1.54) is 31.0 Å². The van der Waals surface area contributed by atoms with Crippen molar-refractivity contribution >= 4 is 16.0 Å². The van der Waals surface area contributed by atoms with E-state index in [4.69, 9.17) is 5.14 Å². The Balaban J connectivity index is 3.42. The monoisotopic (exact) mass is 218 g/mol. The smallest absolute Gasteiger partial charge is 0.356 e. The van der Waals surface area contributed by atoms with Gasteiger partial charge in [0.2, 0.25) is 10.0 Å². The largest absolute Gasteiger partial charge is 0.464 e.